The van der Waals surface area contributed by atoms with E-state index in [0.717, 1.165) is 29.9 Å². The molecule has 0 unspecified atom stereocenters. The first-order valence-corrected chi connectivity index (χ1v) is 11.9. The molecule has 1 aliphatic heterocycles. The number of carbonyl (C=O) groups excluding carboxylic acids is 1. The van der Waals surface area contributed by atoms with Crippen LogP contribution in [0.3, 0.4) is 0 Å². The maximum Gasteiger partial charge on any atom is 0.228 e. The van der Waals surface area contributed by atoms with Gasteiger partial charge in [0.15, 0.2) is 0 Å². The van der Waals surface area contributed by atoms with Gasteiger partial charge in [0.2, 0.25) is 11.9 Å². The third kappa shape index (κ3) is 5.38. The fourth-order valence-electron chi connectivity index (χ4n) is 4.10. The van der Waals surface area contributed by atoms with Crippen LogP contribution in [0.2, 0.25) is 0 Å². The van der Waals surface area contributed by atoms with Crippen LogP contribution in [0.5, 0.6) is 0 Å². The number of likely N-dealkylation sites (tertiary alicyclic amines) is 1. The van der Waals surface area contributed by atoms with E-state index in [9.17, 15) is 9.18 Å². The van der Waals surface area contributed by atoms with Crippen molar-refractivity contribution in [1.29, 1.82) is 0 Å². The number of benzene rings is 1. The predicted molar refractivity (Wildman–Crippen MR) is 139 cm³/mol. The normalized spacial score (nSPS) is 13.8. The molecule has 0 bridgehead atoms. The number of halogens is 1. The lowest BCUT2D eigenvalue weighted by molar-refractivity contribution is -0.115. The lowest BCUT2D eigenvalue weighted by atomic mass is 10.1. The molecule has 1 amide bonds. The third-order valence-electron chi connectivity index (χ3n) is 5.98. The quantitative estimate of drug-likeness (QED) is 0.322. The van der Waals surface area contributed by atoms with Gasteiger partial charge in [0.1, 0.15) is 12.4 Å². The maximum absolute atomic E-state index is 12.4. The molecule has 184 valence electrons. The molecule has 3 aromatic heterocycles. The Hall–Kier alpha value is -4.18. The zero-order valence-electron chi connectivity index (χ0n) is 19.9. The van der Waals surface area contributed by atoms with Crippen LogP contribution in [0.1, 0.15) is 13.3 Å². The van der Waals surface area contributed by atoms with Crippen molar-refractivity contribution in [3.63, 3.8) is 0 Å². The first-order chi connectivity index (χ1) is 17.6. The summed E-state index contributed by atoms with van der Waals surface area (Å²) >= 11 is 0. The van der Waals surface area contributed by atoms with Crippen molar-refractivity contribution >= 4 is 39.8 Å². The van der Waals surface area contributed by atoms with Gasteiger partial charge in [0.25, 0.3) is 0 Å². The van der Waals surface area contributed by atoms with Gasteiger partial charge in [-0.2, -0.15) is 0 Å². The van der Waals surface area contributed by atoms with Crippen molar-refractivity contribution in [2.75, 3.05) is 42.3 Å². The summed E-state index contributed by atoms with van der Waals surface area (Å²) in [5, 5.41) is 10.4. The Morgan fingerprint density at radius 2 is 1.86 bits per heavy atom. The number of nitrogens with zero attached hydrogens (tertiary/aromatic N) is 5. The highest BCUT2D eigenvalue weighted by Gasteiger charge is 2.25. The summed E-state index contributed by atoms with van der Waals surface area (Å²) in [5.41, 5.74) is 4.43. The van der Waals surface area contributed by atoms with Crippen LogP contribution >= 0.6 is 0 Å². The summed E-state index contributed by atoms with van der Waals surface area (Å²) in [6.45, 7) is 3.70. The first kappa shape index (κ1) is 23.6. The van der Waals surface area contributed by atoms with Crippen molar-refractivity contribution in [3.8, 4) is 11.4 Å². The summed E-state index contributed by atoms with van der Waals surface area (Å²) in [5.74, 6) is 0.343. The topological polar surface area (TPSA) is 108 Å². The van der Waals surface area contributed by atoms with Gasteiger partial charge < -0.3 is 16.0 Å². The maximum atomic E-state index is 12.4. The van der Waals surface area contributed by atoms with Gasteiger partial charge in [-0.1, -0.05) is 6.92 Å². The summed E-state index contributed by atoms with van der Waals surface area (Å²) in [4.78, 5) is 32.0. The van der Waals surface area contributed by atoms with E-state index in [1.165, 1.54) is 0 Å². The van der Waals surface area contributed by atoms with Crippen LogP contribution in [0.25, 0.3) is 22.3 Å². The number of alkyl halides is 1. The molecule has 0 spiro atoms. The number of rotatable bonds is 9. The molecule has 10 heteroatoms. The second-order valence-corrected chi connectivity index (χ2v) is 8.61. The number of anilines is 4. The van der Waals surface area contributed by atoms with Gasteiger partial charge in [0.05, 0.1) is 23.4 Å². The fourth-order valence-corrected chi connectivity index (χ4v) is 4.10. The van der Waals surface area contributed by atoms with E-state index in [4.69, 9.17) is 4.98 Å². The first-order valence-electron chi connectivity index (χ1n) is 11.9. The van der Waals surface area contributed by atoms with E-state index >= 15 is 0 Å². The molecule has 1 aliphatic rings. The lowest BCUT2D eigenvalue weighted by Crippen LogP contribution is -2.55. The van der Waals surface area contributed by atoms with E-state index in [1.807, 2.05) is 30.3 Å². The molecule has 9 nitrogen and oxygen atoms in total. The number of aromatic nitrogens is 4. The molecule has 1 aromatic carbocycles. The number of fused-ring (bicyclic) bond motifs is 1. The SMILES string of the molecule is CCC(=O)Nc1ccnc(-c2nc(Nc3ccc(NC4CN(CCF)C4)cc3)nc3cnccc23)c1. The standard InChI is InChI=1S/C26H27FN8O/c1-2-24(36)31-19-7-11-29-22(13-19)25-21-8-10-28-14-23(21)33-26(34-25)32-18-5-3-17(4-6-18)30-20-15-35(16-20)12-9-27/h3-8,10-11,13-14,20,30H,2,9,12,15-16H2,1H3,(H,29,31,36)(H,32,33,34). The largest absolute Gasteiger partial charge is 0.380 e. The van der Waals surface area contributed by atoms with Crippen LogP contribution in [-0.4, -0.2) is 63.1 Å². The van der Waals surface area contributed by atoms with E-state index in [0.29, 0.717) is 47.5 Å². The molecular weight excluding hydrogens is 459 g/mol. The minimum Gasteiger partial charge on any atom is -0.380 e. The highest BCUT2D eigenvalue weighted by atomic mass is 19.1. The fraction of sp³-hybridized carbons (Fsp3) is 0.269. The zero-order valence-corrected chi connectivity index (χ0v) is 19.9. The molecule has 1 saturated heterocycles. The van der Waals surface area contributed by atoms with Crippen molar-refractivity contribution in [2.45, 2.75) is 19.4 Å². The predicted octanol–water partition coefficient (Wildman–Crippen LogP) is 4.24. The number of hydrogen-bond acceptors (Lipinski definition) is 8. The number of nitrogens with one attached hydrogen (secondary N) is 3. The number of carbonyl (C=O) groups is 1. The Morgan fingerprint density at radius 3 is 2.64 bits per heavy atom. The molecule has 0 atom stereocenters. The Labute approximate surface area is 208 Å². The molecule has 1 fully saturated rings. The highest BCUT2D eigenvalue weighted by molar-refractivity contribution is 5.94. The van der Waals surface area contributed by atoms with Crippen LogP contribution in [0, 0.1) is 0 Å². The Bertz CT molecular complexity index is 1360. The van der Waals surface area contributed by atoms with E-state index in [-0.39, 0.29) is 12.6 Å². The third-order valence-corrected chi connectivity index (χ3v) is 5.98. The van der Waals surface area contributed by atoms with Gasteiger partial charge in [-0.3, -0.25) is 19.7 Å². The molecule has 4 heterocycles. The Balaban J connectivity index is 1.36. The molecular formula is C26H27FN8O. The molecule has 36 heavy (non-hydrogen) atoms. The van der Waals surface area contributed by atoms with Crippen LogP contribution in [0.15, 0.2) is 61.1 Å². The minimum atomic E-state index is -0.307. The summed E-state index contributed by atoms with van der Waals surface area (Å²) < 4.78 is 12.4. The van der Waals surface area contributed by atoms with E-state index in [1.54, 1.807) is 37.6 Å². The molecule has 4 aromatic rings. The van der Waals surface area contributed by atoms with Gasteiger partial charge in [0, 0.05) is 60.9 Å². The molecule has 3 N–H and O–H groups in total. The Morgan fingerprint density at radius 1 is 1.06 bits per heavy atom. The van der Waals surface area contributed by atoms with Crippen molar-refractivity contribution in [2.24, 2.45) is 0 Å². The second kappa shape index (κ2) is 10.6. The van der Waals surface area contributed by atoms with Gasteiger partial charge >= 0.3 is 0 Å². The minimum absolute atomic E-state index is 0.0708. The van der Waals surface area contributed by atoms with Crippen LogP contribution < -0.4 is 16.0 Å². The van der Waals surface area contributed by atoms with E-state index in [2.05, 4.69) is 35.8 Å². The van der Waals surface area contributed by atoms with Gasteiger partial charge in [-0.25, -0.2) is 14.4 Å². The van der Waals surface area contributed by atoms with Crippen molar-refractivity contribution in [1.82, 2.24) is 24.8 Å². The van der Waals surface area contributed by atoms with Crippen molar-refractivity contribution in [3.05, 3.63) is 61.1 Å². The van der Waals surface area contributed by atoms with Gasteiger partial charge in [-0.15, -0.1) is 0 Å². The molecule has 0 radical (unpaired) electrons. The number of hydrogen-bond donors (Lipinski definition) is 3. The molecule has 0 saturated carbocycles. The number of pyridine rings is 2. The van der Waals surface area contributed by atoms with Crippen molar-refractivity contribution < 1.29 is 9.18 Å². The van der Waals surface area contributed by atoms with Gasteiger partial charge in [-0.05, 0) is 42.5 Å². The summed E-state index contributed by atoms with van der Waals surface area (Å²) in [6, 6.07) is 13.6. The molecule has 5 rings (SSSR count). The lowest BCUT2D eigenvalue weighted by Gasteiger charge is -2.39. The highest BCUT2D eigenvalue weighted by Crippen LogP contribution is 2.28. The molecule has 0 aliphatic carbocycles. The average molecular weight is 487 g/mol. The summed E-state index contributed by atoms with van der Waals surface area (Å²) in [6.07, 6.45) is 5.41. The van der Waals surface area contributed by atoms with Crippen LogP contribution in [-0.2, 0) is 4.79 Å². The number of amides is 1. The summed E-state index contributed by atoms with van der Waals surface area (Å²) in [7, 11) is 0. The average Bonchev–Trinajstić information content (AvgIpc) is 2.88. The Kier molecular flexibility index (Phi) is 6.94. The monoisotopic (exact) mass is 486 g/mol. The smallest absolute Gasteiger partial charge is 0.228 e. The zero-order chi connectivity index (χ0) is 24.9. The van der Waals surface area contributed by atoms with Crippen LogP contribution in [0.4, 0.5) is 27.4 Å². The van der Waals surface area contributed by atoms with E-state index < -0.39 is 0 Å². The second-order valence-electron chi connectivity index (χ2n) is 8.61.